The summed E-state index contributed by atoms with van der Waals surface area (Å²) < 4.78 is 1.34. The van der Waals surface area contributed by atoms with E-state index in [0.29, 0.717) is 15.9 Å². The highest BCUT2D eigenvalue weighted by atomic mass is 32.1. The van der Waals surface area contributed by atoms with E-state index in [1.165, 1.54) is 16.0 Å². The molecular formula is C18H21N5O2S. The number of hydrogen-bond donors (Lipinski definition) is 1. The molecule has 26 heavy (non-hydrogen) atoms. The lowest BCUT2D eigenvalue weighted by Gasteiger charge is -2.12. The molecule has 7 nitrogen and oxygen atoms in total. The van der Waals surface area contributed by atoms with Crippen LogP contribution in [0.1, 0.15) is 55.2 Å². The van der Waals surface area contributed by atoms with E-state index in [0.717, 1.165) is 24.3 Å². The molecule has 3 aromatic rings. The lowest BCUT2D eigenvalue weighted by atomic mass is 10.1. The van der Waals surface area contributed by atoms with Crippen molar-refractivity contribution in [1.82, 2.24) is 20.0 Å². The standard InChI is InChI=1S/C18H21N5O2S/c1-4-5-10-14-20-21-18(26-14)19-16(24)15-12-8-6-7-9-13(12)17(25)23(22-15)11(2)3/h6-9,11H,4-5,10H2,1-3H3,(H,19,21,24). The number of amides is 1. The number of carbonyl (C=O) groups excluding carboxylic acids is 1. The molecule has 0 aliphatic heterocycles. The second-order valence-corrected chi connectivity index (χ2v) is 7.36. The van der Waals surface area contributed by atoms with Gasteiger partial charge in [0, 0.05) is 11.8 Å². The number of benzene rings is 1. The topological polar surface area (TPSA) is 89.8 Å². The van der Waals surface area contributed by atoms with E-state index >= 15 is 0 Å². The van der Waals surface area contributed by atoms with E-state index in [-0.39, 0.29) is 17.3 Å². The second kappa shape index (κ2) is 7.74. The Hall–Kier alpha value is -2.61. The first-order valence-corrected chi connectivity index (χ1v) is 9.48. The maximum atomic E-state index is 12.8. The van der Waals surface area contributed by atoms with Crippen LogP contribution < -0.4 is 10.9 Å². The first kappa shape index (κ1) is 18.2. The van der Waals surface area contributed by atoms with Gasteiger partial charge in [0.1, 0.15) is 5.01 Å². The highest BCUT2D eigenvalue weighted by molar-refractivity contribution is 7.15. The van der Waals surface area contributed by atoms with E-state index in [4.69, 9.17) is 0 Å². The van der Waals surface area contributed by atoms with Crippen LogP contribution in [0.2, 0.25) is 0 Å². The Morgan fingerprint density at radius 2 is 1.96 bits per heavy atom. The van der Waals surface area contributed by atoms with Crippen molar-refractivity contribution in [1.29, 1.82) is 0 Å². The molecule has 0 spiro atoms. The Morgan fingerprint density at radius 1 is 1.23 bits per heavy atom. The van der Waals surface area contributed by atoms with Gasteiger partial charge in [-0.25, -0.2) is 4.68 Å². The zero-order chi connectivity index (χ0) is 18.7. The number of nitrogens with zero attached hydrogens (tertiary/aromatic N) is 4. The summed E-state index contributed by atoms with van der Waals surface area (Å²) >= 11 is 1.36. The van der Waals surface area contributed by atoms with Gasteiger partial charge in [-0.15, -0.1) is 10.2 Å². The predicted molar refractivity (Wildman–Crippen MR) is 103 cm³/mol. The summed E-state index contributed by atoms with van der Waals surface area (Å²) in [5.74, 6) is -0.395. The van der Waals surface area contributed by atoms with Gasteiger partial charge in [0.05, 0.1) is 11.4 Å². The van der Waals surface area contributed by atoms with E-state index in [9.17, 15) is 9.59 Å². The summed E-state index contributed by atoms with van der Waals surface area (Å²) in [6.07, 6.45) is 2.96. The minimum Gasteiger partial charge on any atom is -0.295 e. The minimum absolute atomic E-state index is 0.152. The molecule has 0 fully saturated rings. The van der Waals surface area contributed by atoms with Crippen LogP contribution >= 0.6 is 11.3 Å². The Kier molecular flexibility index (Phi) is 5.41. The van der Waals surface area contributed by atoms with Crippen LogP contribution in [0.3, 0.4) is 0 Å². The molecule has 0 aliphatic carbocycles. The SMILES string of the molecule is CCCCc1nnc(NC(=O)c2nn(C(C)C)c(=O)c3ccccc23)s1. The number of rotatable bonds is 6. The average Bonchev–Trinajstić information content (AvgIpc) is 3.07. The molecule has 2 heterocycles. The first-order chi connectivity index (χ1) is 12.5. The fraction of sp³-hybridized carbons (Fsp3) is 0.389. The third-order valence-corrected chi connectivity index (χ3v) is 4.86. The van der Waals surface area contributed by atoms with Crippen molar-refractivity contribution >= 4 is 33.1 Å². The van der Waals surface area contributed by atoms with Crippen LogP contribution in [-0.4, -0.2) is 25.9 Å². The van der Waals surface area contributed by atoms with Crippen LogP contribution in [0.4, 0.5) is 5.13 Å². The van der Waals surface area contributed by atoms with Gasteiger partial charge in [-0.1, -0.05) is 42.9 Å². The van der Waals surface area contributed by atoms with Crippen molar-refractivity contribution in [2.75, 3.05) is 5.32 Å². The molecule has 0 saturated heterocycles. The molecule has 1 aromatic carbocycles. The van der Waals surface area contributed by atoms with Gasteiger partial charge in [0.15, 0.2) is 5.69 Å². The van der Waals surface area contributed by atoms with Crippen molar-refractivity contribution in [3.63, 3.8) is 0 Å². The molecule has 2 aromatic heterocycles. The largest absolute Gasteiger partial charge is 0.295 e. The number of unbranched alkanes of at least 4 members (excludes halogenated alkanes) is 1. The lowest BCUT2D eigenvalue weighted by Crippen LogP contribution is -2.28. The van der Waals surface area contributed by atoms with Crippen molar-refractivity contribution in [2.24, 2.45) is 0 Å². The Labute approximate surface area is 155 Å². The monoisotopic (exact) mass is 371 g/mol. The molecule has 136 valence electrons. The van der Waals surface area contributed by atoms with E-state index in [1.807, 2.05) is 13.8 Å². The minimum atomic E-state index is -0.395. The number of aryl methyl sites for hydroxylation is 1. The van der Waals surface area contributed by atoms with Gasteiger partial charge in [0.2, 0.25) is 5.13 Å². The van der Waals surface area contributed by atoms with Gasteiger partial charge in [-0.3, -0.25) is 14.9 Å². The van der Waals surface area contributed by atoms with Crippen molar-refractivity contribution in [3.8, 4) is 0 Å². The molecule has 8 heteroatoms. The summed E-state index contributed by atoms with van der Waals surface area (Å²) in [5, 5.41) is 17.5. The zero-order valence-corrected chi connectivity index (χ0v) is 15.8. The van der Waals surface area contributed by atoms with Crippen LogP contribution in [0.5, 0.6) is 0 Å². The molecule has 0 atom stereocenters. The molecule has 1 N–H and O–H groups in total. The van der Waals surface area contributed by atoms with Gasteiger partial charge < -0.3 is 0 Å². The van der Waals surface area contributed by atoms with Gasteiger partial charge in [-0.05, 0) is 26.3 Å². The fourth-order valence-corrected chi connectivity index (χ4v) is 3.39. The van der Waals surface area contributed by atoms with Crippen LogP contribution in [-0.2, 0) is 6.42 Å². The highest BCUT2D eigenvalue weighted by Gasteiger charge is 2.19. The Balaban J connectivity index is 1.96. The molecule has 0 radical (unpaired) electrons. The maximum absolute atomic E-state index is 12.8. The number of aromatic nitrogens is 4. The van der Waals surface area contributed by atoms with Gasteiger partial charge in [-0.2, -0.15) is 5.10 Å². The smallest absolute Gasteiger partial charge is 0.278 e. The number of carbonyl (C=O) groups is 1. The first-order valence-electron chi connectivity index (χ1n) is 8.66. The third kappa shape index (κ3) is 3.65. The maximum Gasteiger partial charge on any atom is 0.278 e. The van der Waals surface area contributed by atoms with Crippen molar-refractivity contribution in [3.05, 3.63) is 45.3 Å². The average molecular weight is 371 g/mol. The van der Waals surface area contributed by atoms with Gasteiger partial charge in [0.25, 0.3) is 11.5 Å². The number of nitrogens with one attached hydrogen (secondary N) is 1. The third-order valence-electron chi connectivity index (χ3n) is 3.96. The lowest BCUT2D eigenvalue weighted by molar-refractivity contribution is 0.102. The molecular weight excluding hydrogens is 350 g/mol. The summed E-state index contributed by atoms with van der Waals surface area (Å²) in [4.78, 5) is 25.3. The van der Waals surface area contributed by atoms with Gasteiger partial charge >= 0.3 is 0 Å². The number of fused-ring (bicyclic) bond motifs is 1. The number of anilines is 1. The summed E-state index contributed by atoms with van der Waals surface area (Å²) in [5.41, 5.74) is 0.00382. The Morgan fingerprint density at radius 3 is 2.65 bits per heavy atom. The molecule has 1 amide bonds. The second-order valence-electron chi connectivity index (χ2n) is 6.30. The molecule has 3 rings (SSSR count). The zero-order valence-electron chi connectivity index (χ0n) is 15.0. The van der Waals surface area contributed by atoms with E-state index in [2.05, 4.69) is 27.5 Å². The highest BCUT2D eigenvalue weighted by Crippen LogP contribution is 2.20. The summed E-state index contributed by atoms with van der Waals surface area (Å²) in [7, 11) is 0. The normalized spacial score (nSPS) is 11.2. The van der Waals surface area contributed by atoms with Crippen LogP contribution in [0.25, 0.3) is 10.8 Å². The van der Waals surface area contributed by atoms with Crippen molar-refractivity contribution in [2.45, 2.75) is 46.1 Å². The quantitative estimate of drug-likeness (QED) is 0.717. The molecule has 0 saturated carbocycles. The predicted octanol–water partition coefficient (Wildman–Crippen LogP) is 3.42. The van der Waals surface area contributed by atoms with Crippen molar-refractivity contribution < 1.29 is 4.79 Å². The fourth-order valence-electron chi connectivity index (χ4n) is 2.61. The molecule has 0 bridgehead atoms. The van der Waals surface area contributed by atoms with E-state index < -0.39 is 5.91 Å². The van der Waals surface area contributed by atoms with Crippen LogP contribution in [0, 0.1) is 0 Å². The van der Waals surface area contributed by atoms with E-state index in [1.54, 1.807) is 24.3 Å². The molecule has 0 unspecified atom stereocenters. The number of hydrogen-bond acceptors (Lipinski definition) is 6. The Bertz CT molecular complexity index is 993. The molecule has 0 aliphatic rings. The van der Waals surface area contributed by atoms with Crippen LogP contribution in [0.15, 0.2) is 29.1 Å². The summed E-state index contributed by atoms with van der Waals surface area (Å²) in [6.45, 7) is 5.83. The summed E-state index contributed by atoms with van der Waals surface area (Å²) in [6, 6.07) is 6.86.